The molecule has 2 rings (SSSR count). The van der Waals surface area contributed by atoms with E-state index in [0.29, 0.717) is 10.9 Å². The predicted octanol–water partition coefficient (Wildman–Crippen LogP) is 2.35. The molecule has 1 unspecified atom stereocenters. The quantitative estimate of drug-likeness (QED) is 0.341. The van der Waals surface area contributed by atoms with Gasteiger partial charge in [0.1, 0.15) is 6.61 Å². The molecule has 1 heterocycles. The van der Waals surface area contributed by atoms with Gasteiger partial charge in [-0.25, -0.2) is 0 Å². The summed E-state index contributed by atoms with van der Waals surface area (Å²) in [7, 11) is 1.24. The molecular formula is C20H21NO7. The summed E-state index contributed by atoms with van der Waals surface area (Å²) in [5, 5.41) is 19.2. The smallest absolute Gasteiger partial charge is 0.325 e. The number of methoxy groups -OCH3 is 1. The van der Waals surface area contributed by atoms with Crippen LogP contribution in [0.5, 0.6) is 0 Å². The molecule has 1 aromatic heterocycles. The van der Waals surface area contributed by atoms with Gasteiger partial charge in [0.05, 0.1) is 5.52 Å². The Morgan fingerprint density at radius 1 is 1.11 bits per heavy atom. The number of nitrogens with zero attached hydrogens (tertiary/aromatic N) is 1. The van der Waals surface area contributed by atoms with E-state index in [2.05, 4.69) is 4.98 Å². The second-order valence-corrected chi connectivity index (χ2v) is 6.41. The third-order valence-corrected chi connectivity index (χ3v) is 4.56. The SMILES string of the molecule is COCC(=O)C(CCCCC(=O)O)(C(=O)O)C(=O)c1ccc2ncccc2c1. The summed E-state index contributed by atoms with van der Waals surface area (Å²) in [5.41, 5.74) is -1.63. The van der Waals surface area contributed by atoms with E-state index in [0.717, 1.165) is 0 Å². The molecule has 0 saturated heterocycles. The van der Waals surface area contributed by atoms with E-state index in [1.165, 1.54) is 19.2 Å². The van der Waals surface area contributed by atoms with Gasteiger partial charge in [0.15, 0.2) is 17.0 Å². The Morgan fingerprint density at radius 2 is 1.86 bits per heavy atom. The van der Waals surface area contributed by atoms with Gasteiger partial charge < -0.3 is 14.9 Å². The Labute approximate surface area is 161 Å². The van der Waals surface area contributed by atoms with Crippen LogP contribution in [-0.4, -0.2) is 52.4 Å². The molecule has 0 amide bonds. The van der Waals surface area contributed by atoms with Crippen molar-refractivity contribution in [1.82, 2.24) is 4.98 Å². The first-order valence-electron chi connectivity index (χ1n) is 8.70. The van der Waals surface area contributed by atoms with Crippen LogP contribution in [0.4, 0.5) is 0 Å². The van der Waals surface area contributed by atoms with E-state index in [1.807, 2.05) is 0 Å². The van der Waals surface area contributed by atoms with Crippen LogP contribution < -0.4 is 0 Å². The lowest BCUT2D eigenvalue weighted by molar-refractivity contribution is -0.153. The molecule has 0 fully saturated rings. The minimum atomic E-state index is -2.33. The molecule has 8 nitrogen and oxygen atoms in total. The predicted molar refractivity (Wildman–Crippen MR) is 99.1 cm³/mol. The van der Waals surface area contributed by atoms with Crippen molar-refractivity contribution in [2.24, 2.45) is 5.41 Å². The molecule has 1 aromatic carbocycles. The van der Waals surface area contributed by atoms with Crippen molar-refractivity contribution in [3.8, 4) is 0 Å². The average molecular weight is 387 g/mol. The van der Waals surface area contributed by atoms with Crippen LogP contribution in [0.15, 0.2) is 36.5 Å². The zero-order valence-corrected chi connectivity index (χ0v) is 15.4. The van der Waals surface area contributed by atoms with Gasteiger partial charge in [-0.1, -0.05) is 12.5 Å². The normalized spacial score (nSPS) is 13.0. The van der Waals surface area contributed by atoms with E-state index in [1.54, 1.807) is 24.4 Å². The lowest BCUT2D eigenvalue weighted by Crippen LogP contribution is -2.48. The standard InChI is InChI=1S/C20H21NO7/c1-28-12-16(22)20(19(26)27,9-3-2-6-17(23)24)18(25)14-7-8-15-13(11-14)5-4-10-21-15/h4-5,7-8,10-11H,2-3,6,9,12H2,1H3,(H,23,24)(H,26,27). The summed E-state index contributed by atoms with van der Waals surface area (Å²) in [6.07, 6.45) is 1.36. The highest BCUT2D eigenvalue weighted by Gasteiger charge is 2.52. The first-order valence-corrected chi connectivity index (χ1v) is 8.70. The number of Topliss-reactive ketones (excluding diaryl/α,β-unsaturated/α-hetero) is 2. The molecule has 28 heavy (non-hydrogen) atoms. The van der Waals surface area contributed by atoms with E-state index < -0.39 is 35.5 Å². The van der Waals surface area contributed by atoms with E-state index in [-0.39, 0.29) is 31.2 Å². The number of hydrogen-bond donors (Lipinski definition) is 2. The molecule has 2 aromatic rings. The third kappa shape index (κ3) is 4.40. The number of benzene rings is 1. The molecule has 0 aliphatic rings. The van der Waals surface area contributed by atoms with Gasteiger partial charge in [-0.2, -0.15) is 0 Å². The number of hydrogen-bond acceptors (Lipinski definition) is 6. The number of aliphatic carboxylic acids is 2. The number of aromatic nitrogens is 1. The third-order valence-electron chi connectivity index (χ3n) is 4.56. The van der Waals surface area contributed by atoms with Crippen molar-refractivity contribution in [3.05, 3.63) is 42.1 Å². The molecule has 0 spiro atoms. The van der Waals surface area contributed by atoms with E-state index in [4.69, 9.17) is 9.84 Å². The van der Waals surface area contributed by atoms with Gasteiger partial charge in [-0.3, -0.25) is 24.2 Å². The zero-order chi connectivity index (χ0) is 20.7. The molecule has 0 radical (unpaired) electrons. The van der Waals surface area contributed by atoms with Gasteiger partial charge in [-0.05, 0) is 37.1 Å². The Hall–Kier alpha value is -3.13. The maximum Gasteiger partial charge on any atom is 0.325 e. The molecule has 0 bridgehead atoms. The molecule has 2 N–H and O–H groups in total. The maximum absolute atomic E-state index is 13.2. The lowest BCUT2D eigenvalue weighted by atomic mass is 9.72. The van der Waals surface area contributed by atoms with Gasteiger partial charge in [-0.15, -0.1) is 0 Å². The number of carbonyl (C=O) groups excluding carboxylic acids is 2. The Bertz CT molecular complexity index is 908. The van der Waals surface area contributed by atoms with Gasteiger partial charge in [0.2, 0.25) is 0 Å². The van der Waals surface area contributed by atoms with Crippen LogP contribution in [0.25, 0.3) is 10.9 Å². The number of ether oxygens (including phenoxy) is 1. The van der Waals surface area contributed by atoms with Crippen LogP contribution in [0.3, 0.4) is 0 Å². The zero-order valence-electron chi connectivity index (χ0n) is 15.4. The summed E-state index contributed by atoms with van der Waals surface area (Å²) in [6.45, 7) is -0.536. The summed E-state index contributed by atoms with van der Waals surface area (Å²) < 4.78 is 4.79. The number of fused-ring (bicyclic) bond motifs is 1. The maximum atomic E-state index is 13.2. The second-order valence-electron chi connectivity index (χ2n) is 6.41. The minimum absolute atomic E-state index is 0.0746. The van der Waals surface area contributed by atoms with Gasteiger partial charge in [0.25, 0.3) is 0 Å². The van der Waals surface area contributed by atoms with Gasteiger partial charge in [0, 0.05) is 30.7 Å². The molecule has 148 valence electrons. The summed E-state index contributed by atoms with van der Waals surface area (Å²) in [6, 6.07) is 7.93. The first-order chi connectivity index (χ1) is 13.3. The lowest BCUT2D eigenvalue weighted by Gasteiger charge is -2.26. The van der Waals surface area contributed by atoms with Crippen molar-refractivity contribution in [2.75, 3.05) is 13.7 Å². The first kappa shape index (κ1) is 21.2. The van der Waals surface area contributed by atoms with Crippen molar-refractivity contribution in [1.29, 1.82) is 0 Å². The molecule has 0 aliphatic carbocycles. The van der Waals surface area contributed by atoms with Crippen LogP contribution in [0.2, 0.25) is 0 Å². The topological polar surface area (TPSA) is 131 Å². The van der Waals surface area contributed by atoms with Crippen LogP contribution >= 0.6 is 0 Å². The van der Waals surface area contributed by atoms with Crippen molar-refractivity contribution < 1.29 is 34.1 Å². The number of pyridine rings is 1. The van der Waals surface area contributed by atoms with Crippen molar-refractivity contribution in [3.63, 3.8) is 0 Å². The molecule has 0 aliphatic heterocycles. The molecule has 0 saturated carbocycles. The fraction of sp³-hybridized carbons (Fsp3) is 0.350. The number of carboxylic acid groups (broad SMARTS) is 2. The highest BCUT2D eigenvalue weighted by atomic mass is 16.5. The highest BCUT2D eigenvalue weighted by molar-refractivity contribution is 6.27. The highest BCUT2D eigenvalue weighted by Crippen LogP contribution is 2.33. The molecular weight excluding hydrogens is 366 g/mol. The summed E-state index contributed by atoms with van der Waals surface area (Å²) >= 11 is 0. The van der Waals surface area contributed by atoms with Crippen LogP contribution in [0.1, 0.15) is 36.0 Å². The number of carboxylic acids is 2. The average Bonchev–Trinajstić information content (AvgIpc) is 2.67. The molecule has 1 atom stereocenters. The fourth-order valence-corrected chi connectivity index (χ4v) is 3.09. The number of unbranched alkanes of at least 4 members (excludes halogenated alkanes) is 1. The van der Waals surface area contributed by atoms with Crippen LogP contribution in [-0.2, 0) is 19.1 Å². The Kier molecular flexibility index (Phi) is 6.94. The second kappa shape index (κ2) is 9.18. The number of rotatable bonds is 11. The van der Waals surface area contributed by atoms with E-state index >= 15 is 0 Å². The monoisotopic (exact) mass is 387 g/mol. The largest absolute Gasteiger partial charge is 0.481 e. The van der Waals surface area contributed by atoms with Crippen LogP contribution in [0, 0.1) is 5.41 Å². The number of carbonyl (C=O) groups is 4. The Balaban J connectivity index is 2.44. The van der Waals surface area contributed by atoms with Gasteiger partial charge >= 0.3 is 11.9 Å². The fourth-order valence-electron chi connectivity index (χ4n) is 3.09. The van der Waals surface area contributed by atoms with E-state index in [9.17, 15) is 24.3 Å². The minimum Gasteiger partial charge on any atom is -0.481 e. The summed E-state index contributed by atoms with van der Waals surface area (Å²) in [5.74, 6) is -4.31. The number of ketones is 2. The Morgan fingerprint density at radius 3 is 2.50 bits per heavy atom. The molecule has 8 heteroatoms. The van der Waals surface area contributed by atoms with Crippen molar-refractivity contribution >= 4 is 34.4 Å². The van der Waals surface area contributed by atoms with Crippen molar-refractivity contribution in [2.45, 2.75) is 25.7 Å². The summed E-state index contributed by atoms with van der Waals surface area (Å²) in [4.78, 5) is 52.8.